The van der Waals surface area contributed by atoms with Gasteiger partial charge in [-0.1, -0.05) is 18.2 Å². The second-order valence-electron chi connectivity index (χ2n) is 9.80. The van der Waals surface area contributed by atoms with Crippen LogP contribution < -0.4 is 10.0 Å². The summed E-state index contributed by atoms with van der Waals surface area (Å²) >= 11 is 0. The molecule has 2 heterocycles. The summed E-state index contributed by atoms with van der Waals surface area (Å²) in [5.74, 6) is -0.218. The Labute approximate surface area is 246 Å². The zero-order valence-electron chi connectivity index (χ0n) is 23.0. The van der Waals surface area contributed by atoms with Crippen LogP contribution in [0.2, 0.25) is 0 Å². The molecule has 4 aromatic carbocycles. The van der Waals surface area contributed by atoms with Crippen LogP contribution in [0, 0.1) is 17.1 Å². The van der Waals surface area contributed by atoms with Crippen molar-refractivity contribution in [3.05, 3.63) is 95.8 Å². The van der Waals surface area contributed by atoms with E-state index in [1.54, 1.807) is 30.3 Å². The largest absolute Gasteiger partial charge is 0.455 e. The lowest BCUT2D eigenvalue weighted by molar-refractivity contribution is 0.0964. The van der Waals surface area contributed by atoms with Gasteiger partial charge < -0.3 is 14.7 Å². The van der Waals surface area contributed by atoms with Gasteiger partial charge >= 0.3 is 0 Å². The van der Waals surface area contributed by atoms with Crippen LogP contribution in [-0.2, 0) is 10.0 Å². The normalized spacial score (nSPS) is 11.5. The molecule has 0 bridgehead atoms. The third-order valence-electron chi connectivity index (χ3n) is 7.09. The van der Waals surface area contributed by atoms with Gasteiger partial charge in [-0.25, -0.2) is 17.8 Å². The highest BCUT2D eigenvalue weighted by Gasteiger charge is 2.24. The molecule has 214 valence electrons. The lowest BCUT2D eigenvalue weighted by Crippen LogP contribution is -2.18. The molecular weight excluding hydrogens is 569 g/mol. The summed E-state index contributed by atoms with van der Waals surface area (Å²) in [5, 5.41) is 12.3. The Balaban J connectivity index is 1.56. The molecule has 43 heavy (non-hydrogen) atoms. The first-order valence-electron chi connectivity index (χ1n) is 13.3. The molecule has 11 heteroatoms. The topological polar surface area (TPSA) is 141 Å². The average Bonchev–Trinajstić information content (AvgIpc) is 3.61. The molecule has 0 saturated carbocycles. The maximum absolute atomic E-state index is 13.7. The first-order chi connectivity index (χ1) is 20.7. The number of rotatable bonds is 7. The summed E-state index contributed by atoms with van der Waals surface area (Å²) in [7, 11) is -2.20. The van der Waals surface area contributed by atoms with Crippen molar-refractivity contribution in [3.63, 3.8) is 0 Å². The highest BCUT2D eigenvalue weighted by molar-refractivity contribution is 7.92. The molecule has 0 atom stereocenters. The van der Waals surface area contributed by atoms with Crippen molar-refractivity contribution in [2.45, 2.75) is 6.92 Å². The molecule has 0 unspecified atom stereocenters. The number of hydrogen-bond donors (Lipinski definition) is 3. The molecule has 1 amide bonds. The monoisotopic (exact) mass is 593 g/mol. The van der Waals surface area contributed by atoms with Crippen LogP contribution in [0.15, 0.2) is 83.3 Å². The van der Waals surface area contributed by atoms with Crippen molar-refractivity contribution >= 4 is 43.6 Å². The smallest absolute Gasteiger partial charge is 0.255 e. The van der Waals surface area contributed by atoms with E-state index in [0.29, 0.717) is 44.5 Å². The zero-order valence-corrected chi connectivity index (χ0v) is 23.8. The number of halogens is 1. The van der Waals surface area contributed by atoms with E-state index in [-0.39, 0.29) is 28.3 Å². The van der Waals surface area contributed by atoms with E-state index in [0.717, 1.165) is 5.56 Å². The van der Waals surface area contributed by atoms with Crippen LogP contribution in [0.3, 0.4) is 0 Å². The fourth-order valence-electron chi connectivity index (χ4n) is 4.91. The summed E-state index contributed by atoms with van der Waals surface area (Å²) in [4.78, 5) is 21.0. The molecule has 0 aliphatic carbocycles. The number of furan rings is 1. The molecular formula is C32H24FN5O4S. The Bertz CT molecular complexity index is 2200. The van der Waals surface area contributed by atoms with E-state index in [9.17, 15) is 22.9 Å². The maximum Gasteiger partial charge on any atom is 0.255 e. The van der Waals surface area contributed by atoms with Crippen LogP contribution in [0.4, 0.5) is 10.1 Å². The summed E-state index contributed by atoms with van der Waals surface area (Å²) in [5.41, 5.74) is 5.04. The number of fused-ring (bicyclic) bond motifs is 2. The Morgan fingerprint density at radius 2 is 1.79 bits per heavy atom. The summed E-state index contributed by atoms with van der Waals surface area (Å²) in [6.45, 7) is 1.53. The molecule has 6 rings (SSSR count). The SMILES string of the molecule is CCS(=O)(=O)Nc1cc2oc(-c3ccc(F)cc3)c(C(=O)NC)c2cc1-c1cccc(-c2nc3ccc(C#N)cc3[nH]2)c1. The molecule has 0 saturated heterocycles. The summed E-state index contributed by atoms with van der Waals surface area (Å²) in [6.07, 6.45) is 0. The number of H-pyrrole nitrogens is 1. The van der Waals surface area contributed by atoms with Gasteiger partial charge in [-0.2, -0.15) is 5.26 Å². The Hall–Kier alpha value is -5.47. The van der Waals surface area contributed by atoms with Crippen molar-refractivity contribution in [1.82, 2.24) is 15.3 Å². The number of sulfonamides is 1. The molecule has 6 aromatic rings. The summed E-state index contributed by atoms with van der Waals surface area (Å²) < 4.78 is 47.9. The van der Waals surface area contributed by atoms with Gasteiger partial charge in [0.05, 0.1) is 39.7 Å². The minimum absolute atomic E-state index is 0.156. The molecule has 9 nitrogen and oxygen atoms in total. The van der Waals surface area contributed by atoms with Crippen molar-refractivity contribution in [3.8, 4) is 39.9 Å². The van der Waals surface area contributed by atoms with Gasteiger partial charge in [-0.3, -0.25) is 9.52 Å². The molecule has 0 radical (unpaired) electrons. The number of hydrogen-bond acceptors (Lipinski definition) is 6. The predicted octanol–water partition coefficient (Wildman–Crippen LogP) is 6.44. The van der Waals surface area contributed by atoms with E-state index >= 15 is 0 Å². The third-order valence-corrected chi connectivity index (χ3v) is 8.38. The van der Waals surface area contributed by atoms with Gasteiger partial charge in [0.15, 0.2) is 0 Å². The van der Waals surface area contributed by atoms with Crippen molar-refractivity contribution in [1.29, 1.82) is 5.26 Å². The minimum atomic E-state index is -3.70. The van der Waals surface area contributed by atoms with E-state index in [4.69, 9.17) is 4.42 Å². The highest BCUT2D eigenvalue weighted by atomic mass is 32.2. The zero-order chi connectivity index (χ0) is 30.3. The van der Waals surface area contributed by atoms with E-state index in [1.165, 1.54) is 38.2 Å². The number of imidazole rings is 1. The third kappa shape index (κ3) is 5.20. The Kier molecular flexibility index (Phi) is 6.91. The molecule has 0 spiro atoms. The lowest BCUT2D eigenvalue weighted by Gasteiger charge is -2.13. The van der Waals surface area contributed by atoms with Crippen LogP contribution in [0.5, 0.6) is 0 Å². The van der Waals surface area contributed by atoms with E-state index < -0.39 is 21.7 Å². The van der Waals surface area contributed by atoms with Gasteiger partial charge in [0.25, 0.3) is 5.91 Å². The van der Waals surface area contributed by atoms with Gasteiger partial charge in [0, 0.05) is 35.2 Å². The number of nitrogens with one attached hydrogen (secondary N) is 3. The van der Waals surface area contributed by atoms with E-state index in [2.05, 4.69) is 26.1 Å². The fourth-order valence-corrected chi connectivity index (χ4v) is 5.56. The molecule has 0 aliphatic rings. The number of carbonyl (C=O) groups is 1. The Morgan fingerprint density at radius 3 is 2.51 bits per heavy atom. The van der Waals surface area contributed by atoms with Crippen LogP contribution >= 0.6 is 0 Å². The van der Waals surface area contributed by atoms with Crippen LogP contribution in [0.25, 0.3) is 55.8 Å². The number of aromatic nitrogens is 2. The van der Waals surface area contributed by atoms with Gasteiger partial charge in [-0.05, 0) is 67.1 Å². The van der Waals surface area contributed by atoms with Crippen LogP contribution in [-0.4, -0.2) is 37.1 Å². The quantitative estimate of drug-likeness (QED) is 0.195. The Morgan fingerprint density at radius 1 is 1.02 bits per heavy atom. The maximum atomic E-state index is 13.7. The number of nitriles is 1. The van der Waals surface area contributed by atoms with Gasteiger partial charge in [-0.15, -0.1) is 0 Å². The number of carbonyl (C=O) groups excluding carboxylic acids is 1. The highest BCUT2D eigenvalue weighted by Crippen LogP contribution is 2.41. The van der Waals surface area contributed by atoms with E-state index in [1.807, 2.05) is 24.3 Å². The average molecular weight is 594 g/mol. The number of anilines is 1. The molecule has 3 N–H and O–H groups in total. The molecule has 2 aromatic heterocycles. The first kappa shape index (κ1) is 27.7. The molecule has 0 aliphatic heterocycles. The van der Waals surface area contributed by atoms with Crippen molar-refractivity contribution < 1.29 is 22.0 Å². The lowest BCUT2D eigenvalue weighted by atomic mass is 9.97. The number of benzene rings is 4. The number of amides is 1. The minimum Gasteiger partial charge on any atom is -0.455 e. The summed E-state index contributed by atoms with van der Waals surface area (Å²) in [6, 6.07) is 23.5. The van der Waals surface area contributed by atoms with Crippen molar-refractivity contribution in [2.75, 3.05) is 17.5 Å². The number of nitrogens with zero attached hydrogens (tertiary/aromatic N) is 2. The predicted molar refractivity (Wildman–Crippen MR) is 163 cm³/mol. The second-order valence-corrected chi connectivity index (χ2v) is 11.8. The molecule has 0 fully saturated rings. The van der Waals surface area contributed by atoms with Crippen LogP contribution in [0.1, 0.15) is 22.8 Å². The second kappa shape index (κ2) is 10.7. The fraction of sp³-hybridized carbons (Fsp3) is 0.0938. The van der Waals surface area contributed by atoms with Gasteiger partial charge in [0.2, 0.25) is 10.0 Å². The first-order valence-corrected chi connectivity index (χ1v) is 14.9. The van der Waals surface area contributed by atoms with Gasteiger partial charge in [0.1, 0.15) is 23.0 Å². The van der Waals surface area contributed by atoms with Crippen molar-refractivity contribution in [2.24, 2.45) is 0 Å². The standard InChI is InChI=1S/C32H24FN5O4S/c1-3-43(40,41)38-26-16-28-24(29(32(39)35-2)30(42-28)19-8-10-22(33)11-9-19)15-23(26)20-5-4-6-21(14-20)31-36-25-12-7-18(17-34)13-27(25)37-31/h4-16,38H,3H2,1-2H3,(H,35,39)(H,36,37). The number of aromatic amines is 1.